The molecule has 0 bridgehead atoms. The Labute approximate surface area is 125 Å². The zero-order valence-electron chi connectivity index (χ0n) is 12.8. The van der Waals surface area contributed by atoms with Crippen molar-refractivity contribution in [3.8, 4) is 5.75 Å². The molecular weight excluding hydrogens is 292 g/mol. The number of benzene rings is 1. The highest BCUT2D eigenvalue weighted by atomic mass is 32.2. The number of carbonyl (C=O) groups excluding carboxylic acids is 1. The van der Waals surface area contributed by atoms with Gasteiger partial charge in [0.25, 0.3) is 0 Å². The van der Waals surface area contributed by atoms with E-state index in [1.54, 1.807) is 19.9 Å². The van der Waals surface area contributed by atoms with Gasteiger partial charge in [0.2, 0.25) is 15.9 Å². The number of nitrogens with one attached hydrogen (secondary N) is 2. The molecule has 1 aromatic rings. The van der Waals surface area contributed by atoms with Gasteiger partial charge in [-0.05, 0) is 51.5 Å². The molecule has 0 spiro atoms. The summed E-state index contributed by atoms with van der Waals surface area (Å²) in [6.45, 7) is 7.88. The number of carbonyl (C=O) groups is 1. The Bertz CT molecular complexity index is 599. The first-order valence-electron chi connectivity index (χ1n) is 6.85. The van der Waals surface area contributed by atoms with Crippen LogP contribution in [0, 0.1) is 6.92 Å². The molecule has 0 aromatic heterocycles. The maximum Gasteiger partial charge on any atom is 0.241 e. The smallest absolute Gasteiger partial charge is 0.241 e. The van der Waals surface area contributed by atoms with Gasteiger partial charge in [-0.15, -0.1) is 0 Å². The number of amides is 1. The van der Waals surface area contributed by atoms with E-state index in [1.807, 2.05) is 6.92 Å². The number of hydrogen-bond donors (Lipinski definition) is 2. The monoisotopic (exact) mass is 314 g/mol. The van der Waals surface area contributed by atoms with Crippen LogP contribution in [-0.4, -0.2) is 33.5 Å². The van der Waals surface area contributed by atoms with Crippen LogP contribution in [-0.2, 0) is 14.8 Å². The van der Waals surface area contributed by atoms with Crippen molar-refractivity contribution in [1.82, 2.24) is 10.0 Å². The first-order chi connectivity index (χ1) is 9.81. The third kappa shape index (κ3) is 4.71. The van der Waals surface area contributed by atoms with Gasteiger partial charge in [0, 0.05) is 6.54 Å². The molecule has 7 heteroatoms. The Morgan fingerprint density at radius 2 is 2.00 bits per heavy atom. The summed E-state index contributed by atoms with van der Waals surface area (Å²) >= 11 is 0. The Morgan fingerprint density at radius 3 is 2.52 bits per heavy atom. The Morgan fingerprint density at radius 1 is 1.33 bits per heavy atom. The molecule has 21 heavy (non-hydrogen) atoms. The van der Waals surface area contributed by atoms with E-state index in [0.717, 1.165) is 5.56 Å². The van der Waals surface area contributed by atoms with Gasteiger partial charge < -0.3 is 10.1 Å². The topological polar surface area (TPSA) is 84.5 Å². The van der Waals surface area contributed by atoms with Crippen molar-refractivity contribution >= 4 is 15.9 Å². The second-order valence-corrected chi connectivity index (χ2v) is 6.31. The molecule has 1 aromatic carbocycles. The largest absolute Gasteiger partial charge is 0.494 e. The Balaban J connectivity index is 2.93. The van der Waals surface area contributed by atoms with Crippen molar-refractivity contribution in [3.63, 3.8) is 0 Å². The lowest BCUT2D eigenvalue weighted by atomic mass is 10.2. The van der Waals surface area contributed by atoms with Crippen LogP contribution in [0.15, 0.2) is 23.1 Å². The summed E-state index contributed by atoms with van der Waals surface area (Å²) in [7, 11) is -3.74. The average molecular weight is 314 g/mol. The van der Waals surface area contributed by atoms with Crippen molar-refractivity contribution in [2.45, 2.75) is 38.6 Å². The van der Waals surface area contributed by atoms with Crippen LogP contribution in [0.4, 0.5) is 0 Å². The third-order valence-electron chi connectivity index (χ3n) is 2.83. The van der Waals surface area contributed by atoms with Gasteiger partial charge in [0.05, 0.1) is 17.5 Å². The molecule has 0 aliphatic carbocycles. The summed E-state index contributed by atoms with van der Waals surface area (Å²) < 4.78 is 32.2. The predicted molar refractivity (Wildman–Crippen MR) is 80.8 cm³/mol. The number of rotatable bonds is 7. The molecule has 1 atom stereocenters. The molecule has 0 fully saturated rings. The van der Waals surface area contributed by atoms with Gasteiger partial charge in [-0.25, -0.2) is 8.42 Å². The molecule has 0 aliphatic heterocycles. The van der Waals surface area contributed by atoms with Crippen molar-refractivity contribution in [2.75, 3.05) is 13.2 Å². The van der Waals surface area contributed by atoms with Crippen LogP contribution >= 0.6 is 0 Å². The fourth-order valence-corrected chi connectivity index (χ4v) is 3.08. The van der Waals surface area contributed by atoms with E-state index in [1.165, 1.54) is 19.1 Å². The Hall–Kier alpha value is -1.60. The van der Waals surface area contributed by atoms with Gasteiger partial charge >= 0.3 is 0 Å². The minimum atomic E-state index is -3.74. The van der Waals surface area contributed by atoms with Crippen LogP contribution in [0.2, 0.25) is 0 Å². The quantitative estimate of drug-likeness (QED) is 0.792. The SMILES string of the molecule is CCNC(=O)[C@H](C)NS(=O)(=O)c1ccc(OCC)c(C)c1. The van der Waals surface area contributed by atoms with Gasteiger partial charge in [0.15, 0.2) is 0 Å². The van der Waals surface area contributed by atoms with E-state index in [0.29, 0.717) is 18.9 Å². The lowest BCUT2D eigenvalue weighted by molar-refractivity contribution is -0.122. The third-order valence-corrected chi connectivity index (χ3v) is 4.37. The van der Waals surface area contributed by atoms with Gasteiger partial charge in [-0.1, -0.05) is 0 Å². The van der Waals surface area contributed by atoms with E-state index < -0.39 is 16.1 Å². The minimum absolute atomic E-state index is 0.111. The van der Waals surface area contributed by atoms with Gasteiger partial charge in [0.1, 0.15) is 5.75 Å². The summed E-state index contributed by atoms with van der Waals surface area (Å²) in [4.78, 5) is 11.7. The van der Waals surface area contributed by atoms with Crippen molar-refractivity contribution in [2.24, 2.45) is 0 Å². The molecule has 0 heterocycles. The van der Waals surface area contributed by atoms with Crippen LogP contribution in [0.3, 0.4) is 0 Å². The number of ether oxygens (including phenoxy) is 1. The summed E-state index contributed by atoms with van der Waals surface area (Å²) in [5.41, 5.74) is 0.727. The van der Waals surface area contributed by atoms with E-state index in [-0.39, 0.29) is 10.8 Å². The summed E-state index contributed by atoms with van der Waals surface area (Å²) in [6, 6.07) is 3.77. The van der Waals surface area contributed by atoms with E-state index in [2.05, 4.69) is 10.0 Å². The van der Waals surface area contributed by atoms with E-state index >= 15 is 0 Å². The molecular formula is C14H22N2O4S. The first kappa shape index (κ1) is 17.5. The zero-order chi connectivity index (χ0) is 16.0. The summed E-state index contributed by atoms with van der Waals surface area (Å²) in [6.07, 6.45) is 0. The lowest BCUT2D eigenvalue weighted by Gasteiger charge is -2.15. The fourth-order valence-electron chi connectivity index (χ4n) is 1.79. The molecule has 2 N–H and O–H groups in total. The molecule has 6 nitrogen and oxygen atoms in total. The summed E-state index contributed by atoms with van der Waals surface area (Å²) in [5.74, 6) is 0.289. The molecule has 1 amide bonds. The first-order valence-corrected chi connectivity index (χ1v) is 8.33. The van der Waals surface area contributed by atoms with Crippen molar-refractivity contribution < 1.29 is 17.9 Å². The highest BCUT2D eigenvalue weighted by molar-refractivity contribution is 7.89. The maximum atomic E-state index is 12.2. The second-order valence-electron chi connectivity index (χ2n) is 4.60. The summed E-state index contributed by atoms with van der Waals surface area (Å²) in [5, 5.41) is 2.57. The molecule has 0 saturated heterocycles. The fraction of sp³-hybridized carbons (Fsp3) is 0.500. The van der Waals surface area contributed by atoms with E-state index in [9.17, 15) is 13.2 Å². The lowest BCUT2D eigenvalue weighted by Crippen LogP contribution is -2.44. The maximum absolute atomic E-state index is 12.2. The second kappa shape index (κ2) is 7.42. The molecule has 118 valence electrons. The molecule has 1 rings (SSSR count). The van der Waals surface area contributed by atoms with Crippen LogP contribution in [0.1, 0.15) is 26.3 Å². The molecule has 0 unspecified atom stereocenters. The number of likely N-dealkylation sites (N-methyl/N-ethyl adjacent to an activating group) is 1. The van der Waals surface area contributed by atoms with Crippen LogP contribution in [0.25, 0.3) is 0 Å². The Kier molecular flexibility index (Phi) is 6.17. The minimum Gasteiger partial charge on any atom is -0.494 e. The van der Waals surface area contributed by atoms with Crippen LogP contribution < -0.4 is 14.8 Å². The number of sulfonamides is 1. The number of aryl methyl sites for hydroxylation is 1. The standard InChI is InChI=1S/C14H22N2O4S/c1-5-15-14(17)11(4)16-21(18,19)12-7-8-13(20-6-2)10(3)9-12/h7-9,11,16H,5-6H2,1-4H3,(H,15,17)/t11-/m0/s1. The highest BCUT2D eigenvalue weighted by Crippen LogP contribution is 2.21. The van der Waals surface area contributed by atoms with E-state index in [4.69, 9.17) is 4.74 Å². The predicted octanol–water partition coefficient (Wildman–Crippen LogP) is 1.20. The van der Waals surface area contributed by atoms with Gasteiger partial charge in [-0.3, -0.25) is 4.79 Å². The van der Waals surface area contributed by atoms with Crippen molar-refractivity contribution in [3.05, 3.63) is 23.8 Å². The highest BCUT2D eigenvalue weighted by Gasteiger charge is 2.22. The molecule has 0 radical (unpaired) electrons. The normalized spacial score (nSPS) is 12.8. The molecule has 0 saturated carbocycles. The number of hydrogen-bond acceptors (Lipinski definition) is 4. The average Bonchev–Trinajstić information content (AvgIpc) is 2.41. The van der Waals surface area contributed by atoms with Crippen molar-refractivity contribution in [1.29, 1.82) is 0 Å². The van der Waals surface area contributed by atoms with Gasteiger partial charge in [-0.2, -0.15) is 4.72 Å². The van der Waals surface area contributed by atoms with Crippen LogP contribution in [0.5, 0.6) is 5.75 Å². The zero-order valence-corrected chi connectivity index (χ0v) is 13.6. The molecule has 0 aliphatic rings.